The minimum absolute atomic E-state index is 0.354. The van der Waals surface area contributed by atoms with E-state index in [0.717, 1.165) is 0 Å². The first-order valence-corrected chi connectivity index (χ1v) is 4.04. The number of hydrogen-bond donors (Lipinski definition) is 0. The lowest BCUT2D eigenvalue weighted by atomic mass is 10.3. The van der Waals surface area contributed by atoms with Crippen molar-refractivity contribution in [1.82, 2.24) is 25.2 Å². The Morgan fingerprint density at radius 1 is 1.50 bits per heavy atom. The lowest BCUT2D eigenvalue weighted by Gasteiger charge is -1.98. The maximum atomic E-state index is 10.8. The van der Waals surface area contributed by atoms with Crippen molar-refractivity contribution in [3.05, 3.63) is 30.2 Å². The number of aromatic nitrogens is 5. The van der Waals surface area contributed by atoms with Gasteiger partial charge in [0.25, 0.3) is 5.24 Å². The van der Waals surface area contributed by atoms with Crippen LogP contribution in [0.15, 0.2) is 24.7 Å². The van der Waals surface area contributed by atoms with Gasteiger partial charge in [-0.3, -0.25) is 4.79 Å². The summed E-state index contributed by atoms with van der Waals surface area (Å²) in [7, 11) is 0. The van der Waals surface area contributed by atoms with Crippen LogP contribution in [0.25, 0.3) is 5.82 Å². The summed E-state index contributed by atoms with van der Waals surface area (Å²) in [5, 5.41) is 9.98. The van der Waals surface area contributed by atoms with E-state index in [1.54, 1.807) is 0 Å². The van der Waals surface area contributed by atoms with Crippen molar-refractivity contribution in [3.63, 3.8) is 0 Å². The Morgan fingerprint density at radius 3 is 3.00 bits per heavy atom. The van der Waals surface area contributed by atoms with Crippen molar-refractivity contribution in [2.45, 2.75) is 0 Å². The molecule has 0 aliphatic rings. The molecule has 0 saturated carbocycles. The highest BCUT2D eigenvalue weighted by atomic mass is 35.5. The second-order valence-electron chi connectivity index (χ2n) is 2.43. The summed E-state index contributed by atoms with van der Waals surface area (Å²) < 4.78 is 1.34. The average Bonchev–Trinajstić information content (AvgIpc) is 2.71. The number of rotatable bonds is 2. The Hall–Kier alpha value is -1.82. The molecule has 2 heterocycles. The Kier molecular flexibility index (Phi) is 2.19. The van der Waals surface area contributed by atoms with E-state index in [1.807, 2.05) is 0 Å². The molecule has 2 rings (SSSR count). The summed E-state index contributed by atoms with van der Waals surface area (Å²) >= 11 is 5.31. The van der Waals surface area contributed by atoms with Crippen LogP contribution < -0.4 is 0 Å². The molecule has 70 valence electrons. The first-order chi connectivity index (χ1) is 6.77. The van der Waals surface area contributed by atoms with Gasteiger partial charge in [-0.15, -0.1) is 5.10 Å². The molecule has 0 radical (unpaired) electrons. The van der Waals surface area contributed by atoms with Gasteiger partial charge in [0.1, 0.15) is 6.33 Å². The van der Waals surface area contributed by atoms with Crippen LogP contribution >= 0.6 is 11.6 Å². The van der Waals surface area contributed by atoms with E-state index in [4.69, 9.17) is 11.6 Å². The smallest absolute Gasteiger partial charge is 0.252 e. The summed E-state index contributed by atoms with van der Waals surface area (Å²) in [6, 6.07) is 3.02. The average molecular weight is 210 g/mol. The Bertz CT molecular complexity index is 455. The molecule has 0 spiro atoms. The van der Waals surface area contributed by atoms with E-state index in [2.05, 4.69) is 20.5 Å². The highest BCUT2D eigenvalue weighted by molar-refractivity contribution is 6.67. The van der Waals surface area contributed by atoms with Crippen LogP contribution in [0.5, 0.6) is 0 Å². The number of carbonyl (C=O) groups excluding carboxylic acids is 1. The molecule has 0 aromatic carbocycles. The lowest BCUT2D eigenvalue weighted by molar-refractivity contribution is 0.108. The summed E-state index contributed by atoms with van der Waals surface area (Å²) in [6.45, 7) is 0. The molecule has 2 aromatic rings. The van der Waals surface area contributed by atoms with Crippen molar-refractivity contribution >= 4 is 16.8 Å². The SMILES string of the molecule is O=C(Cl)c1ccnc(-n2cnnn2)c1. The van der Waals surface area contributed by atoms with Crippen LogP contribution in [0, 0.1) is 0 Å². The van der Waals surface area contributed by atoms with Gasteiger partial charge in [0, 0.05) is 11.8 Å². The fraction of sp³-hybridized carbons (Fsp3) is 0. The highest BCUT2D eigenvalue weighted by Crippen LogP contribution is 2.07. The molecule has 2 aromatic heterocycles. The third-order valence-electron chi connectivity index (χ3n) is 1.56. The first-order valence-electron chi connectivity index (χ1n) is 3.66. The zero-order chi connectivity index (χ0) is 9.97. The zero-order valence-electron chi connectivity index (χ0n) is 6.83. The molecule has 0 aliphatic heterocycles. The van der Waals surface area contributed by atoms with Gasteiger partial charge in [-0.25, -0.2) is 4.98 Å². The van der Waals surface area contributed by atoms with Crippen molar-refractivity contribution in [3.8, 4) is 5.82 Å². The van der Waals surface area contributed by atoms with Crippen LogP contribution in [0.2, 0.25) is 0 Å². The van der Waals surface area contributed by atoms with E-state index in [-0.39, 0.29) is 0 Å². The van der Waals surface area contributed by atoms with E-state index in [0.29, 0.717) is 11.4 Å². The standard InChI is InChI=1S/C7H4ClN5O/c8-7(14)5-1-2-9-6(3-5)13-4-10-11-12-13/h1-4H. The van der Waals surface area contributed by atoms with E-state index in [1.165, 1.54) is 29.3 Å². The predicted molar refractivity (Wildman–Crippen MR) is 47.1 cm³/mol. The molecule has 6 nitrogen and oxygen atoms in total. The molecule has 0 unspecified atom stereocenters. The van der Waals surface area contributed by atoms with E-state index >= 15 is 0 Å². The topological polar surface area (TPSA) is 73.6 Å². The van der Waals surface area contributed by atoms with Gasteiger partial charge in [0.15, 0.2) is 5.82 Å². The quantitative estimate of drug-likeness (QED) is 0.671. The minimum Gasteiger partial charge on any atom is -0.276 e. The first kappa shape index (κ1) is 8.76. The predicted octanol–water partition coefficient (Wildman–Crippen LogP) is 0.436. The van der Waals surface area contributed by atoms with Crippen LogP contribution in [-0.2, 0) is 0 Å². The van der Waals surface area contributed by atoms with Gasteiger partial charge in [0.05, 0.1) is 0 Å². The third-order valence-corrected chi connectivity index (χ3v) is 1.77. The van der Waals surface area contributed by atoms with Crippen molar-refractivity contribution < 1.29 is 4.79 Å². The Labute approximate surface area is 83.5 Å². The second-order valence-corrected chi connectivity index (χ2v) is 2.77. The molecule has 14 heavy (non-hydrogen) atoms. The largest absolute Gasteiger partial charge is 0.276 e. The molecule has 0 aliphatic carbocycles. The normalized spacial score (nSPS) is 10.1. The number of nitrogens with zero attached hydrogens (tertiary/aromatic N) is 5. The molecule has 0 amide bonds. The summed E-state index contributed by atoms with van der Waals surface area (Å²) in [4.78, 5) is 14.8. The van der Waals surface area contributed by atoms with Gasteiger partial charge in [-0.1, -0.05) is 0 Å². The third kappa shape index (κ3) is 1.60. The summed E-state index contributed by atoms with van der Waals surface area (Å²) in [5.74, 6) is 0.446. The second kappa shape index (κ2) is 3.51. The maximum Gasteiger partial charge on any atom is 0.252 e. The lowest BCUT2D eigenvalue weighted by Crippen LogP contribution is -2.00. The van der Waals surface area contributed by atoms with Gasteiger partial charge in [0.2, 0.25) is 0 Å². The Balaban J connectivity index is 2.46. The zero-order valence-corrected chi connectivity index (χ0v) is 7.59. The molecular weight excluding hydrogens is 206 g/mol. The molecule has 0 fully saturated rings. The number of hydrogen-bond acceptors (Lipinski definition) is 5. The number of tetrazole rings is 1. The van der Waals surface area contributed by atoms with Crippen LogP contribution in [0.1, 0.15) is 10.4 Å². The fourth-order valence-electron chi connectivity index (χ4n) is 0.932. The minimum atomic E-state index is -0.540. The molecule has 0 bridgehead atoms. The molecule has 7 heteroatoms. The van der Waals surface area contributed by atoms with E-state index in [9.17, 15) is 4.79 Å². The van der Waals surface area contributed by atoms with E-state index < -0.39 is 5.24 Å². The van der Waals surface area contributed by atoms with Gasteiger partial charge >= 0.3 is 0 Å². The number of carbonyl (C=O) groups is 1. The van der Waals surface area contributed by atoms with Crippen molar-refractivity contribution in [1.29, 1.82) is 0 Å². The van der Waals surface area contributed by atoms with Crippen molar-refractivity contribution in [2.24, 2.45) is 0 Å². The molecular formula is C7H4ClN5O. The van der Waals surface area contributed by atoms with Crippen LogP contribution in [0.3, 0.4) is 0 Å². The highest BCUT2D eigenvalue weighted by Gasteiger charge is 2.05. The van der Waals surface area contributed by atoms with Crippen molar-refractivity contribution in [2.75, 3.05) is 0 Å². The van der Waals surface area contributed by atoms with Crippen LogP contribution in [0.4, 0.5) is 0 Å². The monoisotopic (exact) mass is 209 g/mol. The Morgan fingerprint density at radius 2 is 2.36 bits per heavy atom. The van der Waals surface area contributed by atoms with Gasteiger partial charge in [-0.2, -0.15) is 4.68 Å². The molecule has 0 N–H and O–H groups in total. The molecule has 0 saturated heterocycles. The van der Waals surface area contributed by atoms with Gasteiger partial charge < -0.3 is 0 Å². The maximum absolute atomic E-state index is 10.8. The number of halogens is 1. The van der Waals surface area contributed by atoms with Gasteiger partial charge in [-0.05, 0) is 34.2 Å². The fourth-order valence-corrected chi connectivity index (χ4v) is 1.05. The summed E-state index contributed by atoms with van der Waals surface area (Å²) in [6.07, 6.45) is 2.84. The summed E-state index contributed by atoms with van der Waals surface area (Å²) in [5.41, 5.74) is 0.354. The number of pyridine rings is 1. The van der Waals surface area contributed by atoms with Crippen LogP contribution in [-0.4, -0.2) is 30.4 Å². The molecule has 0 atom stereocenters.